The van der Waals surface area contributed by atoms with E-state index in [9.17, 15) is 0 Å². The van der Waals surface area contributed by atoms with Crippen molar-refractivity contribution in [2.24, 2.45) is 0 Å². The van der Waals surface area contributed by atoms with Crippen LogP contribution in [0.1, 0.15) is 30.4 Å². The summed E-state index contributed by atoms with van der Waals surface area (Å²) in [6, 6.07) is 8.14. The van der Waals surface area contributed by atoms with Gasteiger partial charge in [0.05, 0.1) is 10.2 Å². The van der Waals surface area contributed by atoms with E-state index in [-0.39, 0.29) is 0 Å². The lowest BCUT2D eigenvalue weighted by Gasteiger charge is -2.07. The van der Waals surface area contributed by atoms with Gasteiger partial charge in [-0.05, 0) is 40.0 Å². The molecule has 2 rings (SSSR count). The molecule has 19 heavy (non-hydrogen) atoms. The standard InChI is InChI=1S/C14H13Br2ClN2/c1-2-4-11-13(16)14(17)19-12(18-11)8-9-5-3-6-10(15)7-9/h3,5-7H,2,4,8H2,1H3. The minimum atomic E-state index is 0.489. The number of rotatable bonds is 4. The van der Waals surface area contributed by atoms with Crippen molar-refractivity contribution < 1.29 is 0 Å². The molecule has 0 bridgehead atoms. The summed E-state index contributed by atoms with van der Waals surface area (Å²) in [6.45, 7) is 2.12. The normalized spacial score (nSPS) is 10.7. The van der Waals surface area contributed by atoms with Crippen LogP contribution in [-0.4, -0.2) is 9.97 Å². The monoisotopic (exact) mass is 402 g/mol. The van der Waals surface area contributed by atoms with E-state index in [1.165, 1.54) is 0 Å². The summed E-state index contributed by atoms with van der Waals surface area (Å²) in [4.78, 5) is 8.92. The topological polar surface area (TPSA) is 25.8 Å². The minimum absolute atomic E-state index is 0.489. The maximum Gasteiger partial charge on any atom is 0.147 e. The molecule has 1 heterocycles. The van der Waals surface area contributed by atoms with Gasteiger partial charge in [-0.25, -0.2) is 9.97 Å². The van der Waals surface area contributed by atoms with E-state index in [2.05, 4.69) is 60.9 Å². The number of hydrogen-bond donors (Lipinski definition) is 0. The third-order valence-electron chi connectivity index (χ3n) is 2.66. The molecule has 0 fully saturated rings. The quantitative estimate of drug-likeness (QED) is 0.655. The van der Waals surface area contributed by atoms with Crippen molar-refractivity contribution in [3.63, 3.8) is 0 Å². The average molecular weight is 405 g/mol. The molecule has 0 radical (unpaired) electrons. The van der Waals surface area contributed by atoms with Gasteiger partial charge in [0.2, 0.25) is 0 Å². The Hall–Kier alpha value is -0.450. The number of aromatic nitrogens is 2. The Bertz CT molecular complexity index is 588. The van der Waals surface area contributed by atoms with Gasteiger partial charge in [-0.15, -0.1) is 0 Å². The van der Waals surface area contributed by atoms with Crippen LogP contribution in [0.15, 0.2) is 33.2 Å². The Labute approximate surface area is 134 Å². The van der Waals surface area contributed by atoms with Gasteiger partial charge in [0.1, 0.15) is 11.0 Å². The van der Waals surface area contributed by atoms with Gasteiger partial charge < -0.3 is 0 Å². The van der Waals surface area contributed by atoms with Crippen molar-refractivity contribution >= 4 is 43.5 Å². The summed E-state index contributed by atoms with van der Waals surface area (Å²) in [5.74, 6) is 0.759. The molecule has 100 valence electrons. The van der Waals surface area contributed by atoms with Crippen LogP contribution in [0.25, 0.3) is 0 Å². The highest BCUT2D eigenvalue weighted by Crippen LogP contribution is 2.25. The minimum Gasteiger partial charge on any atom is -0.236 e. The molecule has 1 aromatic heterocycles. The van der Waals surface area contributed by atoms with Crippen LogP contribution in [0.5, 0.6) is 0 Å². The second kappa shape index (κ2) is 6.82. The van der Waals surface area contributed by atoms with Gasteiger partial charge >= 0.3 is 0 Å². The summed E-state index contributed by atoms with van der Waals surface area (Å²) in [7, 11) is 0. The fraction of sp³-hybridized carbons (Fsp3) is 0.286. The Morgan fingerprint density at radius 3 is 2.68 bits per heavy atom. The zero-order valence-corrected chi connectivity index (χ0v) is 14.4. The van der Waals surface area contributed by atoms with Crippen molar-refractivity contribution in [3.8, 4) is 0 Å². The van der Waals surface area contributed by atoms with Gasteiger partial charge in [0, 0.05) is 10.9 Å². The molecule has 0 atom stereocenters. The van der Waals surface area contributed by atoms with Gasteiger partial charge in [-0.1, -0.05) is 53.0 Å². The van der Waals surface area contributed by atoms with E-state index in [1.54, 1.807) is 0 Å². The molecular formula is C14H13Br2ClN2. The van der Waals surface area contributed by atoms with Crippen LogP contribution >= 0.6 is 43.5 Å². The van der Waals surface area contributed by atoms with E-state index in [4.69, 9.17) is 11.6 Å². The first-order valence-corrected chi connectivity index (χ1v) is 8.01. The highest BCUT2D eigenvalue weighted by atomic mass is 79.9. The van der Waals surface area contributed by atoms with Crippen LogP contribution in [0, 0.1) is 0 Å². The lowest BCUT2D eigenvalue weighted by atomic mass is 10.1. The van der Waals surface area contributed by atoms with Crippen molar-refractivity contribution in [2.75, 3.05) is 0 Å². The SMILES string of the molecule is CCCc1nc(Cc2cccc(Br)c2)nc(Cl)c1Br. The first-order valence-electron chi connectivity index (χ1n) is 6.05. The van der Waals surface area contributed by atoms with Gasteiger partial charge in [-0.2, -0.15) is 0 Å². The second-order valence-corrected chi connectivity index (χ2v) is 6.31. The molecule has 0 aliphatic rings. The summed E-state index contributed by atoms with van der Waals surface area (Å²) < 4.78 is 1.87. The predicted molar refractivity (Wildman–Crippen MR) is 85.7 cm³/mol. The maximum atomic E-state index is 6.14. The first kappa shape index (κ1) is 14.9. The van der Waals surface area contributed by atoms with Gasteiger partial charge in [0.15, 0.2) is 0 Å². The Balaban J connectivity index is 2.30. The van der Waals surface area contributed by atoms with E-state index in [0.29, 0.717) is 11.6 Å². The van der Waals surface area contributed by atoms with Crippen molar-refractivity contribution in [1.82, 2.24) is 9.97 Å². The number of aryl methyl sites for hydroxylation is 1. The molecule has 2 nitrogen and oxygen atoms in total. The zero-order chi connectivity index (χ0) is 13.8. The Kier molecular flexibility index (Phi) is 5.37. The fourth-order valence-corrected chi connectivity index (χ4v) is 2.85. The summed E-state index contributed by atoms with van der Waals surface area (Å²) >= 11 is 13.1. The second-order valence-electron chi connectivity index (χ2n) is 4.25. The third-order valence-corrected chi connectivity index (χ3v) is 4.49. The largest absolute Gasteiger partial charge is 0.236 e. The highest BCUT2D eigenvalue weighted by Gasteiger charge is 2.10. The van der Waals surface area contributed by atoms with E-state index in [1.807, 2.05) is 12.1 Å². The average Bonchev–Trinajstić information content (AvgIpc) is 2.35. The molecule has 1 aromatic carbocycles. The fourth-order valence-electron chi connectivity index (χ4n) is 1.82. The zero-order valence-electron chi connectivity index (χ0n) is 10.5. The Morgan fingerprint density at radius 1 is 1.21 bits per heavy atom. The van der Waals surface area contributed by atoms with Crippen LogP contribution in [0.4, 0.5) is 0 Å². The summed E-state index contributed by atoms with van der Waals surface area (Å²) in [5.41, 5.74) is 2.14. The van der Waals surface area contributed by atoms with Crippen LogP contribution < -0.4 is 0 Å². The number of benzene rings is 1. The van der Waals surface area contributed by atoms with E-state index in [0.717, 1.165) is 38.9 Å². The lowest BCUT2D eigenvalue weighted by Crippen LogP contribution is -2.02. The third kappa shape index (κ3) is 4.01. The molecule has 0 aliphatic heterocycles. The van der Waals surface area contributed by atoms with Gasteiger partial charge in [0.25, 0.3) is 0 Å². The number of halogens is 3. The van der Waals surface area contributed by atoms with Crippen LogP contribution in [0.2, 0.25) is 5.15 Å². The Morgan fingerprint density at radius 2 is 2.00 bits per heavy atom. The molecule has 5 heteroatoms. The van der Waals surface area contributed by atoms with Crippen molar-refractivity contribution in [3.05, 3.63) is 55.4 Å². The predicted octanol–water partition coefficient (Wildman–Crippen LogP) is 5.20. The smallest absolute Gasteiger partial charge is 0.147 e. The molecule has 0 saturated heterocycles. The summed E-state index contributed by atoms with van der Waals surface area (Å²) in [5, 5.41) is 0.489. The highest BCUT2D eigenvalue weighted by molar-refractivity contribution is 9.10. The summed E-state index contributed by atoms with van der Waals surface area (Å²) in [6.07, 6.45) is 2.61. The van der Waals surface area contributed by atoms with Gasteiger partial charge in [-0.3, -0.25) is 0 Å². The molecule has 0 saturated carbocycles. The molecule has 0 amide bonds. The van der Waals surface area contributed by atoms with E-state index >= 15 is 0 Å². The molecule has 0 aliphatic carbocycles. The number of hydrogen-bond acceptors (Lipinski definition) is 2. The molecule has 2 aromatic rings. The van der Waals surface area contributed by atoms with Crippen LogP contribution in [0.3, 0.4) is 0 Å². The maximum absolute atomic E-state index is 6.14. The van der Waals surface area contributed by atoms with Crippen molar-refractivity contribution in [1.29, 1.82) is 0 Å². The van der Waals surface area contributed by atoms with Crippen LogP contribution in [-0.2, 0) is 12.8 Å². The lowest BCUT2D eigenvalue weighted by molar-refractivity contribution is 0.834. The molecular weight excluding hydrogens is 391 g/mol. The number of nitrogens with zero attached hydrogens (tertiary/aromatic N) is 2. The van der Waals surface area contributed by atoms with Crippen molar-refractivity contribution in [2.45, 2.75) is 26.2 Å². The first-order chi connectivity index (χ1) is 9.10. The molecule has 0 unspecified atom stereocenters. The molecule has 0 spiro atoms. The van der Waals surface area contributed by atoms with E-state index < -0.39 is 0 Å². The molecule has 0 N–H and O–H groups in total.